The number of likely N-dealkylation sites (tertiary alicyclic amines) is 1. The molecule has 1 spiro atoms. The maximum absolute atomic E-state index is 2.61. The van der Waals surface area contributed by atoms with Gasteiger partial charge in [-0.1, -0.05) is 34.6 Å². The van der Waals surface area contributed by atoms with E-state index in [4.69, 9.17) is 0 Å². The predicted molar refractivity (Wildman–Crippen MR) is 70.3 cm³/mol. The highest BCUT2D eigenvalue weighted by Crippen LogP contribution is 2.44. The van der Waals surface area contributed by atoms with Crippen LogP contribution in [0.1, 0.15) is 66.7 Å². The zero-order valence-corrected chi connectivity index (χ0v) is 11.8. The SMILES string of the molecule is CC.CC.CC1CCN(C)C2(CCC2)C1. The molecule has 0 aromatic heterocycles. The summed E-state index contributed by atoms with van der Waals surface area (Å²) in [6.45, 7) is 11.7. The number of piperidine rings is 1. The normalized spacial score (nSPS) is 28.0. The fraction of sp³-hybridized carbons (Fsp3) is 1.00. The topological polar surface area (TPSA) is 3.24 Å². The summed E-state index contributed by atoms with van der Waals surface area (Å²) in [7, 11) is 2.31. The van der Waals surface area contributed by atoms with Crippen molar-refractivity contribution in [1.82, 2.24) is 4.90 Å². The van der Waals surface area contributed by atoms with Crippen LogP contribution in [0.25, 0.3) is 0 Å². The highest BCUT2D eigenvalue weighted by molar-refractivity contribution is 5.00. The van der Waals surface area contributed by atoms with Crippen LogP contribution in [0.3, 0.4) is 0 Å². The van der Waals surface area contributed by atoms with E-state index in [1.807, 2.05) is 27.7 Å². The molecule has 1 heteroatoms. The number of hydrogen-bond acceptors (Lipinski definition) is 1. The van der Waals surface area contributed by atoms with Gasteiger partial charge in [-0.05, 0) is 51.6 Å². The van der Waals surface area contributed by atoms with Crippen molar-refractivity contribution in [1.29, 1.82) is 0 Å². The Balaban J connectivity index is 0.000000442. The maximum Gasteiger partial charge on any atom is 0.0209 e. The van der Waals surface area contributed by atoms with E-state index < -0.39 is 0 Å². The fourth-order valence-electron chi connectivity index (χ4n) is 2.73. The molecule has 1 nitrogen and oxygen atoms in total. The molecule has 0 radical (unpaired) electrons. The standard InChI is InChI=1S/C10H19N.2C2H6/c1-9-4-7-11(2)10(8-9)5-3-6-10;2*1-2/h9H,3-8H2,1-2H3;2*1-2H3. The lowest BCUT2D eigenvalue weighted by atomic mass is 9.68. The number of rotatable bonds is 0. The molecule has 1 atom stereocenters. The van der Waals surface area contributed by atoms with Gasteiger partial charge >= 0.3 is 0 Å². The number of hydrogen-bond donors (Lipinski definition) is 0. The van der Waals surface area contributed by atoms with Crippen molar-refractivity contribution in [3.8, 4) is 0 Å². The van der Waals surface area contributed by atoms with Gasteiger partial charge in [0.1, 0.15) is 0 Å². The Morgan fingerprint density at radius 1 is 1.07 bits per heavy atom. The van der Waals surface area contributed by atoms with Gasteiger partial charge in [0.15, 0.2) is 0 Å². The van der Waals surface area contributed by atoms with Crippen LogP contribution in [0.5, 0.6) is 0 Å². The Labute approximate surface area is 97.2 Å². The largest absolute Gasteiger partial charge is 0.301 e. The van der Waals surface area contributed by atoms with Crippen molar-refractivity contribution in [3.63, 3.8) is 0 Å². The van der Waals surface area contributed by atoms with Crippen molar-refractivity contribution in [3.05, 3.63) is 0 Å². The molecule has 2 rings (SSSR count). The summed E-state index contributed by atoms with van der Waals surface area (Å²) in [6, 6.07) is 0. The van der Waals surface area contributed by atoms with Crippen molar-refractivity contribution in [2.75, 3.05) is 13.6 Å². The second-order valence-corrected chi connectivity index (χ2v) is 4.60. The molecule has 1 aliphatic heterocycles. The van der Waals surface area contributed by atoms with Crippen LogP contribution in [0.2, 0.25) is 0 Å². The summed E-state index contributed by atoms with van der Waals surface area (Å²) < 4.78 is 0. The van der Waals surface area contributed by atoms with E-state index in [2.05, 4.69) is 18.9 Å². The Bertz CT molecular complexity index is 149. The van der Waals surface area contributed by atoms with Gasteiger partial charge in [0.05, 0.1) is 0 Å². The molecule has 1 heterocycles. The summed E-state index contributed by atoms with van der Waals surface area (Å²) in [5.74, 6) is 0.978. The van der Waals surface area contributed by atoms with E-state index in [0.717, 1.165) is 5.92 Å². The van der Waals surface area contributed by atoms with Crippen LogP contribution in [0.15, 0.2) is 0 Å². The van der Waals surface area contributed by atoms with Gasteiger partial charge in [-0.15, -0.1) is 0 Å². The van der Waals surface area contributed by atoms with Gasteiger partial charge in [-0.3, -0.25) is 0 Å². The Kier molecular flexibility index (Phi) is 7.25. The second-order valence-electron chi connectivity index (χ2n) is 4.60. The highest BCUT2D eigenvalue weighted by Gasteiger charge is 2.43. The minimum absolute atomic E-state index is 0.664. The first-order valence-corrected chi connectivity index (χ1v) is 6.94. The summed E-state index contributed by atoms with van der Waals surface area (Å²) in [4.78, 5) is 2.61. The van der Waals surface area contributed by atoms with Crippen molar-refractivity contribution >= 4 is 0 Å². The summed E-state index contributed by atoms with van der Waals surface area (Å²) in [5, 5.41) is 0. The van der Waals surface area contributed by atoms with Crippen LogP contribution in [-0.2, 0) is 0 Å². The first-order valence-electron chi connectivity index (χ1n) is 6.94. The van der Waals surface area contributed by atoms with E-state index in [9.17, 15) is 0 Å². The zero-order valence-electron chi connectivity index (χ0n) is 11.8. The molecule has 0 aromatic carbocycles. The van der Waals surface area contributed by atoms with Crippen LogP contribution >= 0.6 is 0 Å². The third-order valence-corrected chi connectivity index (χ3v) is 3.78. The quantitative estimate of drug-likeness (QED) is 0.579. The Morgan fingerprint density at radius 3 is 1.93 bits per heavy atom. The van der Waals surface area contributed by atoms with Gasteiger partial charge in [0.25, 0.3) is 0 Å². The lowest BCUT2D eigenvalue weighted by Crippen LogP contribution is -2.55. The molecular weight excluding hydrogens is 182 g/mol. The fourth-order valence-corrected chi connectivity index (χ4v) is 2.73. The molecule has 0 aromatic rings. The Morgan fingerprint density at radius 2 is 1.60 bits per heavy atom. The third kappa shape index (κ3) is 3.48. The molecule has 2 aliphatic rings. The average Bonchev–Trinajstić information content (AvgIpc) is 2.25. The van der Waals surface area contributed by atoms with E-state index in [-0.39, 0.29) is 0 Å². The van der Waals surface area contributed by atoms with E-state index >= 15 is 0 Å². The van der Waals surface area contributed by atoms with Crippen molar-refractivity contribution < 1.29 is 0 Å². The molecule has 1 saturated carbocycles. The Hall–Kier alpha value is -0.0400. The molecule has 2 fully saturated rings. The van der Waals surface area contributed by atoms with E-state index in [1.165, 1.54) is 38.6 Å². The maximum atomic E-state index is 2.61. The highest BCUT2D eigenvalue weighted by atomic mass is 15.2. The predicted octanol–water partition coefficient (Wildman–Crippen LogP) is 4.32. The third-order valence-electron chi connectivity index (χ3n) is 3.78. The summed E-state index contributed by atoms with van der Waals surface area (Å²) >= 11 is 0. The monoisotopic (exact) mass is 213 g/mol. The van der Waals surface area contributed by atoms with Gasteiger partial charge in [-0.25, -0.2) is 0 Å². The lowest BCUT2D eigenvalue weighted by Gasteiger charge is -2.53. The molecule has 0 N–H and O–H groups in total. The second kappa shape index (κ2) is 7.27. The molecule has 15 heavy (non-hydrogen) atoms. The van der Waals surface area contributed by atoms with Crippen molar-refractivity contribution in [2.45, 2.75) is 72.3 Å². The van der Waals surface area contributed by atoms with Crippen LogP contribution < -0.4 is 0 Å². The summed E-state index contributed by atoms with van der Waals surface area (Å²) in [6.07, 6.45) is 7.28. The molecule has 0 bridgehead atoms. The minimum atomic E-state index is 0.664. The van der Waals surface area contributed by atoms with E-state index in [1.54, 1.807) is 0 Å². The van der Waals surface area contributed by atoms with Gasteiger partial charge < -0.3 is 4.90 Å². The van der Waals surface area contributed by atoms with Crippen LogP contribution in [0, 0.1) is 5.92 Å². The zero-order chi connectivity index (χ0) is 11.9. The first-order chi connectivity index (χ1) is 7.23. The lowest BCUT2D eigenvalue weighted by molar-refractivity contribution is -0.0156. The van der Waals surface area contributed by atoms with Crippen LogP contribution in [0.4, 0.5) is 0 Å². The molecule has 1 saturated heterocycles. The summed E-state index contributed by atoms with van der Waals surface area (Å²) in [5.41, 5.74) is 0.664. The molecule has 92 valence electrons. The smallest absolute Gasteiger partial charge is 0.0209 e. The van der Waals surface area contributed by atoms with Crippen LogP contribution in [-0.4, -0.2) is 24.0 Å². The minimum Gasteiger partial charge on any atom is -0.301 e. The number of nitrogens with zero attached hydrogens (tertiary/aromatic N) is 1. The van der Waals surface area contributed by atoms with Gasteiger partial charge in [0, 0.05) is 5.54 Å². The molecule has 0 amide bonds. The van der Waals surface area contributed by atoms with E-state index in [0.29, 0.717) is 5.54 Å². The molecular formula is C14H31N. The van der Waals surface area contributed by atoms with Gasteiger partial charge in [0.2, 0.25) is 0 Å². The van der Waals surface area contributed by atoms with Crippen molar-refractivity contribution in [2.24, 2.45) is 5.92 Å². The van der Waals surface area contributed by atoms with Gasteiger partial charge in [-0.2, -0.15) is 0 Å². The molecule has 1 unspecified atom stereocenters. The molecule has 1 aliphatic carbocycles. The first kappa shape index (κ1) is 15.0. The average molecular weight is 213 g/mol.